The number of nitrogens with one attached hydrogen (secondary N) is 2. The maximum Gasteiger partial charge on any atom is 0.338 e. The summed E-state index contributed by atoms with van der Waals surface area (Å²) in [5.74, 6) is -0.568. The van der Waals surface area contributed by atoms with Crippen LogP contribution in [0.5, 0.6) is 0 Å². The van der Waals surface area contributed by atoms with Crippen LogP contribution in [-0.4, -0.2) is 43.9 Å². The highest BCUT2D eigenvalue weighted by Crippen LogP contribution is 2.34. The van der Waals surface area contributed by atoms with Gasteiger partial charge in [0.15, 0.2) is 0 Å². The summed E-state index contributed by atoms with van der Waals surface area (Å²) in [5, 5.41) is 5.46. The highest BCUT2D eigenvalue weighted by molar-refractivity contribution is 7.89. The number of allylic oxidation sites excluding steroid dienone is 1. The molecule has 3 rings (SSSR count). The average Bonchev–Trinajstić information content (AvgIpc) is 2.73. The lowest BCUT2D eigenvalue weighted by Crippen LogP contribution is -2.46. The third kappa shape index (κ3) is 5.10. The van der Waals surface area contributed by atoms with Gasteiger partial charge in [-0.3, -0.25) is 0 Å². The smallest absolute Gasteiger partial charge is 0.338 e. The van der Waals surface area contributed by atoms with E-state index in [9.17, 15) is 18.0 Å². The molecule has 0 saturated carbocycles. The van der Waals surface area contributed by atoms with Gasteiger partial charge >= 0.3 is 12.0 Å². The van der Waals surface area contributed by atoms with Crippen molar-refractivity contribution in [1.82, 2.24) is 14.9 Å². The molecule has 2 aliphatic rings. The lowest BCUT2D eigenvalue weighted by Gasteiger charge is -2.32. The van der Waals surface area contributed by atoms with Gasteiger partial charge in [0.05, 0.1) is 22.6 Å². The van der Waals surface area contributed by atoms with Crippen molar-refractivity contribution >= 4 is 22.0 Å². The van der Waals surface area contributed by atoms with Crippen LogP contribution in [0, 0.1) is 0 Å². The molecular formula is C22H31N3O5S. The SMILES string of the molecule is CCCC1=C(C(=O)OC(C)C)C(c2ccccc2S(=O)(=O)N2CCCCC2)NC(=O)N1. The van der Waals surface area contributed by atoms with Gasteiger partial charge in [-0.15, -0.1) is 0 Å². The molecule has 1 fully saturated rings. The minimum Gasteiger partial charge on any atom is -0.459 e. The Bertz CT molecular complexity index is 965. The highest BCUT2D eigenvalue weighted by Gasteiger charge is 2.38. The molecule has 2 N–H and O–H groups in total. The van der Waals surface area contributed by atoms with Crippen LogP contribution in [0.15, 0.2) is 40.4 Å². The van der Waals surface area contributed by atoms with Gasteiger partial charge in [0.1, 0.15) is 0 Å². The highest BCUT2D eigenvalue weighted by atomic mass is 32.2. The number of sulfonamides is 1. The van der Waals surface area contributed by atoms with Gasteiger partial charge in [0.25, 0.3) is 0 Å². The Kier molecular flexibility index (Phi) is 7.38. The number of hydrogen-bond acceptors (Lipinski definition) is 5. The van der Waals surface area contributed by atoms with Gasteiger partial charge in [0.2, 0.25) is 10.0 Å². The Morgan fingerprint density at radius 3 is 2.52 bits per heavy atom. The second-order valence-electron chi connectivity index (χ2n) is 8.13. The third-order valence-corrected chi connectivity index (χ3v) is 7.35. The summed E-state index contributed by atoms with van der Waals surface area (Å²) in [6, 6.07) is 5.17. The average molecular weight is 450 g/mol. The quantitative estimate of drug-likeness (QED) is 0.622. The van der Waals surface area contributed by atoms with E-state index in [0.29, 0.717) is 37.2 Å². The normalized spacial score (nSPS) is 20.4. The molecule has 8 nitrogen and oxygen atoms in total. The summed E-state index contributed by atoms with van der Waals surface area (Å²) >= 11 is 0. The second-order valence-corrected chi connectivity index (χ2v) is 10.0. The molecule has 1 aromatic rings. The predicted octanol–water partition coefficient (Wildman–Crippen LogP) is 3.22. The zero-order valence-electron chi connectivity index (χ0n) is 18.3. The number of hydrogen-bond donors (Lipinski definition) is 2. The molecule has 31 heavy (non-hydrogen) atoms. The lowest BCUT2D eigenvalue weighted by molar-refractivity contribution is -0.143. The van der Waals surface area contributed by atoms with Crippen molar-refractivity contribution in [3.63, 3.8) is 0 Å². The number of urea groups is 1. The first kappa shape index (κ1) is 23.3. The third-order valence-electron chi connectivity index (χ3n) is 5.38. The Balaban J connectivity index is 2.12. The fourth-order valence-corrected chi connectivity index (χ4v) is 5.77. The Morgan fingerprint density at radius 1 is 1.19 bits per heavy atom. The summed E-state index contributed by atoms with van der Waals surface area (Å²) in [5.41, 5.74) is 1.08. The van der Waals surface area contributed by atoms with Crippen molar-refractivity contribution in [3.05, 3.63) is 41.1 Å². The summed E-state index contributed by atoms with van der Waals surface area (Å²) in [7, 11) is -3.77. The topological polar surface area (TPSA) is 105 Å². The first-order valence-corrected chi connectivity index (χ1v) is 12.3. The van der Waals surface area contributed by atoms with Gasteiger partial charge in [0, 0.05) is 18.8 Å². The van der Waals surface area contributed by atoms with Crippen molar-refractivity contribution in [1.29, 1.82) is 0 Å². The molecule has 2 heterocycles. The van der Waals surface area contributed by atoms with Gasteiger partial charge in [-0.25, -0.2) is 18.0 Å². The van der Waals surface area contributed by atoms with Crippen LogP contribution in [0.2, 0.25) is 0 Å². The van der Waals surface area contributed by atoms with Crippen LogP contribution in [0.1, 0.15) is 64.5 Å². The van der Waals surface area contributed by atoms with Crippen molar-refractivity contribution in [2.75, 3.05) is 13.1 Å². The Morgan fingerprint density at radius 2 is 1.87 bits per heavy atom. The van der Waals surface area contributed by atoms with E-state index in [1.165, 1.54) is 4.31 Å². The number of nitrogens with zero attached hydrogens (tertiary/aromatic N) is 1. The molecule has 0 aromatic heterocycles. The Labute approximate surface area is 184 Å². The molecular weight excluding hydrogens is 418 g/mol. The zero-order chi connectivity index (χ0) is 22.6. The number of esters is 1. The standard InChI is InChI=1S/C22H31N3O5S/c1-4-10-17-19(21(26)30-15(2)3)20(24-22(27)23-17)16-11-6-7-12-18(16)31(28,29)25-13-8-5-9-14-25/h6-7,11-12,15,20H,4-5,8-10,13-14H2,1-3H3,(H2,23,24,27). The number of amides is 2. The molecule has 0 spiro atoms. The van der Waals surface area contributed by atoms with Crippen LogP contribution in [0.3, 0.4) is 0 Å². The van der Waals surface area contributed by atoms with Gasteiger partial charge in [-0.2, -0.15) is 4.31 Å². The van der Waals surface area contributed by atoms with E-state index in [4.69, 9.17) is 4.74 Å². The van der Waals surface area contributed by atoms with Crippen LogP contribution in [0.25, 0.3) is 0 Å². The van der Waals surface area contributed by atoms with Crippen molar-refractivity contribution in [2.45, 2.75) is 69.9 Å². The van der Waals surface area contributed by atoms with Crippen molar-refractivity contribution in [2.24, 2.45) is 0 Å². The molecule has 9 heteroatoms. The number of benzene rings is 1. The largest absolute Gasteiger partial charge is 0.459 e. The zero-order valence-corrected chi connectivity index (χ0v) is 19.1. The fourth-order valence-electron chi connectivity index (χ4n) is 4.02. The number of ether oxygens (including phenoxy) is 1. The van der Waals surface area contributed by atoms with Gasteiger partial charge < -0.3 is 15.4 Å². The summed E-state index contributed by atoms with van der Waals surface area (Å²) in [6.07, 6.45) is 3.46. The molecule has 1 aromatic carbocycles. The fraction of sp³-hybridized carbons (Fsp3) is 0.545. The van der Waals surface area contributed by atoms with Crippen LogP contribution >= 0.6 is 0 Å². The molecule has 0 aliphatic carbocycles. The second kappa shape index (κ2) is 9.82. The first-order valence-electron chi connectivity index (χ1n) is 10.9. The van der Waals surface area contributed by atoms with E-state index >= 15 is 0 Å². The summed E-state index contributed by atoms with van der Waals surface area (Å²) in [4.78, 5) is 25.5. The van der Waals surface area contributed by atoms with Crippen LogP contribution in [0.4, 0.5) is 4.79 Å². The molecule has 0 bridgehead atoms. The number of piperidine rings is 1. The van der Waals surface area contributed by atoms with E-state index in [0.717, 1.165) is 19.3 Å². The summed E-state index contributed by atoms with van der Waals surface area (Å²) < 4.78 is 33.9. The number of carbonyl (C=O) groups excluding carboxylic acids is 2. The van der Waals surface area contributed by atoms with Crippen molar-refractivity contribution < 1.29 is 22.7 Å². The molecule has 1 unspecified atom stereocenters. The first-order chi connectivity index (χ1) is 14.8. The number of rotatable bonds is 7. The monoisotopic (exact) mass is 449 g/mol. The molecule has 1 saturated heterocycles. The predicted molar refractivity (Wildman–Crippen MR) is 117 cm³/mol. The maximum atomic E-state index is 13.5. The van der Waals surface area contributed by atoms with E-state index in [1.807, 2.05) is 6.92 Å². The lowest BCUT2D eigenvalue weighted by atomic mass is 9.93. The van der Waals surface area contributed by atoms with E-state index < -0.39 is 28.1 Å². The van der Waals surface area contributed by atoms with Crippen LogP contribution in [-0.2, 0) is 19.6 Å². The minimum absolute atomic E-state index is 0.106. The van der Waals surface area contributed by atoms with Crippen molar-refractivity contribution in [3.8, 4) is 0 Å². The van der Waals surface area contributed by atoms with E-state index in [1.54, 1.807) is 38.1 Å². The molecule has 2 aliphatic heterocycles. The van der Waals surface area contributed by atoms with Gasteiger partial charge in [-0.05, 0) is 44.7 Å². The molecule has 0 radical (unpaired) electrons. The summed E-state index contributed by atoms with van der Waals surface area (Å²) in [6.45, 7) is 6.37. The van der Waals surface area contributed by atoms with Crippen LogP contribution < -0.4 is 10.6 Å². The van der Waals surface area contributed by atoms with E-state index in [-0.39, 0.29) is 16.6 Å². The molecule has 1 atom stereocenters. The molecule has 170 valence electrons. The molecule has 2 amide bonds. The minimum atomic E-state index is -3.77. The Hall–Kier alpha value is -2.39. The maximum absolute atomic E-state index is 13.5. The van der Waals surface area contributed by atoms with E-state index in [2.05, 4.69) is 10.6 Å². The van der Waals surface area contributed by atoms with Gasteiger partial charge in [-0.1, -0.05) is 38.0 Å². The number of carbonyl (C=O) groups is 2.